The van der Waals surface area contributed by atoms with Gasteiger partial charge in [-0.05, 0) is 44.5 Å². The lowest BCUT2D eigenvalue weighted by Crippen LogP contribution is -2.16. The van der Waals surface area contributed by atoms with Crippen molar-refractivity contribution in [2.24, 2.45) is 5.73 Å². The second kappa shape index (κ2) is 7.31. The number of aryl methyl sites for hydroxylation is 3. The molecular formula is C22H20N4O3S. The quantitative estimate of drug-likeness (QED) is 0.451. The first-order chi connectivity index (χ1) is 14.3. The number of nitrogens with one attached hydrogen (secondary N) is 1. The van der Waals surface area contributed by atoms with E-state index in [1.165, 1.54) is 6.26 Å². The number of amides is 2. The second-order valence-electron chi connectivity index (χ2n) is 7.09. The highest BCUT2D eigenvalue weighted by atomic mass is 32.1. The van der Waals surface area contributed by atoms with Crippen LogP contribution in [0.25, 0.3) is 21.5 Å². The number of carbonyl (C=O) groups excluding carboxylic acids is 2. The lowest BCUT2D eigenvalue weighted by atomic mass is 9.99. The van der Waals surface area contributed by atoms with Crippen LogP contribution in [-0.2, 0) is 0 Å². The average molecular weight is 420 g/mol. The van der Waals surface area contributed by atoms with Gasteiger partial charge in [0.1, 0.15) is 15.5 Å². The number of nitrogen functional groups attached to an aromatic ring is 1. The fourth-order valence-electron chi connectivity index (χ4n) is 3.53. The maximum absolute atomic E-state index is 13.4. The minimum atomic E-state index is -0.639. The van der Waals surface area contributed by atoms with Crippen molar-refractivity contribution >= 4 is 44.7 Å². The topological polar surface area (TPSA) is 124 Å². The second-order valence-corrected chi connectivity index (χ2v) is 8.09. The molecule has 0 aliphatic carbocycles. The summed E-state index contributed by atoms with van der Waals surface area (Å²) in [6.07, 6.45) is 1.51. The van der Waals surface area contributed by atoms with Crippen LogP contribution in [0.4, 0.5) is 11.4 Å². The highest BCUT2D eigenvalue weighted by Crippen LogP contribution is 2.42. The van der Waals surface area contributed by atoms with E-state index in [-0.39, 0.29) is 16.5 Å². The van der Waals surface area contributed by atoms with E-state index >= 15 is 0 Å². The number of aromatic nitrogens is 1. The van der Waals surface area contributed by atoms with Crippen molar-refractivity contribution in [1.29, 1.82) is 0 Å². The summed E-state index contributed by atoms with van der Waals surface area (Å²) >= 11 is 1.10. The maximum atomic E-state index is 13.4. The first-order valence-electron chi connectivity index (χ1n) is 9.22. The van der Waals surface area contributed by atoms with Crippen molar-refractivity contribution < 1.29 is 14.0 Å². The highest BCUT2D eigenvalue weighted by molar-refractivity contribution is 7.21. The van der Waals surface area contributed by atoms with Crippen molar-refractivity contribution in [3.05, 3.63) is 63.9 Å². The Morgan fingerprint density at radius 1 is 1.17 bits per heavy atom. The predicted molar refractivity (Wildman–Crippen MR) is 119 cm³/mol. The van der Waals surface area contributed by atoms with E-state index in [4.69, 9.17) is 15.9 Å². The van der Waals surface area contributed by atoms with Gasteiger partial charge in [-0.3, -0.25) is 9.59 Å². The number of nitrogens with two attached hydrogens (primary N) is 2. The molecule has 5 N–H and O–H groups in total. The predicted octanol–water partition coefficient (Wildman–Crippen LogP) is 4.41. The van der Waals surface area contributed by atoms with Gasteiger partial charge in [-0.1, -0.05) is 17.7 Å². The molecule has 0 saturated heterocycles. The third-order valence-corrected chi connectivity index (χ3v) is 6.02. The van der Waals surface area contributed by atoms with Crippen LogP contribution in [0.1, 0.15) is 36.9 Å². The molecule has 152 valence electrons. The van der Waals surface area contributed by atoms with Gasteiger partial charge in [0, 0.05) is 16.6 Å². The Labute approximate surface area is 176 Å². The zero-order valence-electron chi connectivity index (χ0n) is 16.7. The fraction of sp³-hybridized carbons (Fsp3) is 0.136. The molecule has 0 aliphatic heterocycles. The van der Waals surface area contributed by atoms with Crippen molar-refractivity contribution in [1.82, 2.24) is 4.98 Å². The van der Waals surface area contributed by atoms with Gasteiger partial charge in [-0.15, -0.1) is 11.3 Å². The monoisotopic (exact) mass is 420 g/mol. The van der Waals surface area contributed by atoms with E-state index < -0.39 is 5.91 Å². The van der Waals surface area contributed by atoms with Crippen LogP contribution in [0.15, 0.2) is 41.0 Å². The Balaban J connectivity index is 1.96. The summed E-state index contributed by atoms with van der Waals surface area (Å²) in [5.41, 5.74) is 16.0. The smallest absolute Gasteiger partial charge is 0.260 e. The van der Waals surface area contributed by atoms with E-state index in [1.807, 2.05) is 32.0 Å². The van der Waals surface area contributed by atoms with E-state index in [2.05, 4.69) is 10.3 Å². The molecule has 4 aromatic rings. The van der Waals surface area contributed by atoms with Crippen LogP contribution in [-0.4, -0.2) is 16.8 Å². The molecule has 0 aliphatic rings. The van der Waals surface area contributed by atoms with Crippen LogP contribution in [0, 0.1) is 20.8 Å². The van der Waals surface area contributed by atoms with Crippen molar-refractivity contribution in [3.8, 4) is 11.3 Å². The zero-order chi connectivity index (χ0) is 21.6. The summed E-state index contributed by atoms with van der Waals surface area (Å²) in [4.78, 5) is 30.4. The Morgan fingerprint density at radius 3 is 2.57 bits per heavy atom. The zero-order valence-corrected chi connectivity index (χ0v) is 17.5. The SMILES string of the molecule is Cc1ccc(NC(=O)c2c(C)nc3sc(C(N)=O)c(N)c3c2-c2ccco2)c(C)c1. The molecule has 1 aromatic carbocycles. The number of hydrogen-bond donors (Lipinski definition) is 3. The highest BCUT2D eigenvalue weighted by Gasteiger charge is 2.27. The van der Waals surface area contributed by atoms with E-state index in [1.54, 1.807) is 19.1 Å². The molecule has 0 radical (unpaired) electrons. The van der Waals surface area contributed by atoms with Gasteiger partial charge < -0.3 is 21.2 Å². The molecule has 0 spiro atoms. The number of primary amides is 1. The van der Waals surface area contributed by atoms with Gasteiger partial charge in [0.25, 0.3) is 11.8 Å². The molecule has 0 atom stereocenters. The number of fused-ring (bicyclic) bond motifs is 1. The molecule has 0 fully saturated rings. The van der Waals surface area contributed by atoms with E-state index in [9.17, 15) is 9.59 Å². The first kappa shape index (κ1) is 19.7. The van der Waals surface area contributed by atoms with Crippen LogP contribution >= 0.6 is 11.3 Å². The largest absolute Gasteiger partial charge is 0.464 e. The van der Waals surface area contributed by atoms with Crippen molar-refractivity contribution in [2.45, 2.75) is 20.8 Å². The first-order valence-corrected chi connectivity index (χ1v) is 10.0. The minimum absolute atomic E-state index is 0.196. The van der Waals surface area contributed by atoms with Gasteiger partial charge in [0.05, 0.1) is 23.2 Å². The van der Waals surface area contributed by atoms with Crippen molar-refractivity contribution in [3.63, 3.8) is 0 Å². The Kier molecular flexibility index (Phi) is 4.79. The van der Waals surface area contributed by atoms with Gasteiger partial charge in [-0.25, -0.2) is 4.98 Å². The van der Waals surface area contributed by atoms with Crippen LogP contribution in [0.5, 0.6) is 0 Å². The number of nitrogens with zero attached hydrogens (tertiary/aromatic N) is 1. The van der Waals surface area contributed by atoms with E-state index in [0.717, 1.165) is 22.5 Å². The number of carbonyl (C=O) groups is 2. The van der Waals surface area contributed by atoms with Crippen LogP contribution in [0.3, 0.4) is 0 Å². The molecule has 8 heteroatoms. The van der Waals surface area contributed by atoms with Crippen molar-refractivity contribution in [2.75, 3.05) is 11.1 Å². The normalized spacial score (nSPS) is 11.0. The average Bonchev–Trinajstić information content (AvgIpc) is 3.31. The Morgan fingerprint density at radius 2 is 1.93 bits per heavy atom. The number of benzene rings is 1. The third kappa shape index (κ3) is 3.21. The van der Waals surface area contributed by atoms with Gasteiger partial charge in [-0.2, -0.15) is 0 Å². The number of pyridine rings is 1. The lowest BCUT2D eigenvalue weighted by Gasteiger charge is -2.14. The molecular weight excluding hydrogens is 400 g/mol. The Hall–Kier alpha value is -3.65. The summed E-state index contributed by atoms with van der Waals surface area (Å²) in [6, 6.07) is 9.25. The van der Waals surface area contributed by atoms with Gasteiger partial charge >= 0.3 is 0 Å². The number of anilines is 2. The summed E-state index contributed by atoms with van der Waals surface area (Å²) < 4.78 is 5.61. The van der Waals surface area contributed by atoms with Gasteiger partial charge in [0.2, 0.25) is 0 Å². The number of furan rings is 1. The Bertz CT molecular complexity index is 1310. The minimum Gasteiger partial charge on any atom is -0.464 e. The molecule has 0 bridgehead atoms. The maximum Gasteiger partial charge on any atom is 0.260 e. The summed E-state index contributed by atoms with van der Waals surface area (Å²) in [5, 5.41) is 3.45. The molecule has 2 amide bonds. The number of rotatable bonds is 4. The summed E-state index contributed by atoms with van der Waals surface area (Å²) in [5.74, 6) is -0.525. The number of hydrogen-bond acceptors (Lipinski definition) is 6. The van der Waals surface area contributed by atoms with Gasteiger partial charge in [0.15, 0.2) is 0 Å². The fourth-order valence-corrected chi connectivity index (χ4v) is 4.54. The van der Waals surface area contributed by atoms with Crippen LogP contribution in [0.2, 0.25) is 0 Å². The molecule has 30 heavy (non-hydrogen) atoms. The lowest BCUT2D eigenvalue weighted by molar-refractivity contribution is 0.100. The molecule has 3 heterocycles. The molecule has 7 nitrogen and oxygen atoms in total. The molecule has 4 rings (SSSR count). The summed E-state index contributed by atoms with van der Waals surface area (Å²) in [7, 11) is 0. The number of thiophene rings is 1. The molecule has 0 saturated carbocycles. The third-order valence-electron chi connectivity index (χ3n) is 4.91. The van der Waals surface area contributed by atoms with Crippen LogP contribution < -0.4 is 16.8 Å². The molecule has 0 unspecified atom stereocenters. The van der Waals surface area contributed by atoms with E-state index in [0.29, 0.717) is 38.5 Å². The summed E-state index contributed by atoms with van der Waals surface area (Å²) in [6.45, 7) is 5.66. The standard InChI is InChI=1S/C22H20N4O3S/c1-10-6-7-13(11(2)9-10)26-21(28)15-12(3)25-22-17(16(15)14-5-4-8-29-14)18(23)19(30-22)20(24)27/h4-9H,23H2,1-3H3,(H2,24,27)(H,26,28). The molecule has 3 aromatic heterocycles.